The van der Waals surface area contributed by atoms with Crippen molar-refractivity contribution in [1.29, 1.82) is 0 Å². The molecule has 14 heteroatoms. The van der Waals surface area contributed by atoms with Crippen molar-refractivity contribution in [3.63, 3.8) is 0 Å². The number of carbonyl (C=O) groups is 2. The van der Waals surface area contributed by atoms with Crippen LogP contribution < -0.4 is 30.7 Å². The molecule has 0 saturated carbocycles. The molecule has 4 aromatic rings. The Labute approximate surface area is 270 Å². The standard InChI is InChI=1S/C33H36F2N8O4/c34-25-1-10-30(31(35)17-25)33(20-43-22-36-21-38-43)18-24(19-47-33)11-16-46-29-8-6-28(7-9-29)42-14-12-41(13-15-42)27-4-2-26(3-5-27)39-32(45)40-37-23-44/h1-10,17,21-24H,11-16,18-20H2,(H,37,44)(H2,39,40,45)/t24-,33-/m0/s1. The second-order valence-corrected chi connectivity index (χ2v) is 11.6. The third-order valence-corrected chi connectivity index (χ3v) is 8.53. The number of aromatic nitrogens is 3. The molecule has 2 atom stereocenters. The van der Waals surface area contributed by atoms with Crippen LogP contribution in [0.15, 0.2) is 79.4 Å². The van der Waals surface area contributed by atoms with E-state index in [-0.39, 0.29) is 12.5 Å². The lowest BCUT2D eigenvalue weighted by molar-refractivity contribution is -0.110. The Hall–Kier alpha value is -5.24. The van der Waals surface area contributed by atoms with Gasteiger partial charge in [0, 0.05) is 54.9 Å². The number of halogens is 2. The summed E-state index contributed by atoms with van der Waals surface area (Å²) in [5.41, 5.74) is 6.44. The maximum absolute atomic E-state index is 14.9. The van der Waals surface area contributed by atoms with E-state index in [2.05, 4.69) is 48.2 Å². The van der Waals surface area contributed by atoms with Gasteiger partial charge in [-0.05, 0) is 73.4 Å². The van der Waals surface area contributed by atoms with Crippen molar-refractivity contribution in [2.45, 2.75) is 25.0 Å². The van der Waals surface area contributed by atoms with E-state index in [0.717, 1.165) is 49.4 Å². The lowest BCUT2D eigenvalue weighted by Crippen LogP contribution is -2.46. The highest BCUT2D eigenvalue weighted by Crippen LogP contribution is 2.43. The van der Waals surface area contributed by atoms with E-state index in [0.29, 0.717) is 43.7 Å². The number of hydrogen-bond acceptors (Lipinski definition) is 8. The summed E-state index contributed by atoms with van der Waals surface area (Å²) in [6.07, 6.45) is 4.63. The quantitative estimate of drug-likeness (QED) is 0.156. The fourth-order valence-corrected chi connectivity index (χ4v) is 6.20. The number of nitrogens with one attached hydrogen (secondary N) is 3. The van der Waals surface area contributed by atoms with E-state index in [1.165, 1.54) is 18.5 Å². The SMILES string of the molecule is O=CNNC(=O)Nc1ccc(N2CCN(c3ccc(OCC[C@@H]4CO[C@@](Cn5cncn5)(c5ccc(F)cc5F)C4)cc3)CC2)cc1. The van der Waals surface area contributed by atoms with E-state index in [1.807, 2.05) is 36.4 Å². The minimum atomic E-state index is -0.975. The van der Waals surface area contributed by atoms with E-state index in [9.17, 15) is 18.4 Å². The Morgan fingerprint density at radius 3 is 2.34 bits per heavy atom. The first kappa shape index (κ1) is 31.7. The Balaban J connectivity index is 0.969. The lowest BCUT2D eigenvalue weighted by Gasteiger charge is -2.37. The zero-order valence-corrected chi connectivity index (χ0v) is 25.6. The molecule has 2 fully saturated rings. The third kappa shape index (κ3) is 7.77. The number of ether oxygens (including phenoxy) is 2. The van der Waals surface area contributed by atoms with Crippen LogP contribution in [0.4, 0.5) is 30.6 Å². The molecular formula is C33H36F2N8O4. The van der Waals surface area contributed by atoms with Gasteiger partial charge >= 0.3 is 6.03 Å². The first-order valence-electron chi connectivity index (χ1n) is 15.4. The predicted molar refractivity (Wildman–Crippen MR) is 171 cm³/mol. The van der Waals surface area contributed by atoms with Crippen LogP contribution in [0.2, 0.25) is 0 Å². The first-order chi connectivity index (χ1) is 22.9. The molecule has 0 aliphatic carbocycles. The predicted octanol–water partition coefficient (Wildman–Crippen LogP) is 4.07. The zero-order valence-electron chi connectivity index (χ0n) is 25.6. The molecule has 3 heterocycles. The van der Waals surface area contributed by atoms with Gasteiger partial charge in [-0.3, -0.25) is 10.2 Å². The normalized spacial score (nSPS) is 19.3. The minimum absolute atomic E-state index is 0.122. The molecule has 2 aliphatic heterocycles. The molecule has 0 radical (unpaired) electrons. The molecule has 47 heavy (non-hydrogen) atoms. The van der Waals surface area contributed by atoms with Gasteiger partial charge in [0.15, 0.2) is 0 Å². The number of rotatable bonds is 12. The van der Waals surface area contributed by atoms with Gasteiger partial charge in [0.25, 0.3) is 0 Å². The van der Waals surface area contributed by atoms with E-state index in [1.54, 1.807) is 11.0 Å². The average molecular weight is 647 g/mol. The topological polar surface area (TPSA) is 126 Å². The highest BCUT2D eigenvalue weighted by molar-refractivity contribution is 5.89. The van der Waals surface area contributed by atoms with Crippen molar-refractivity contribution in [1.82, 2.24) is 25.6 Å². The summed E-state index contributed by atoms with van der Waals surface area (Å²) in [6.45, 7) is 4.58. The van der Waals surface area contributed by atoms with Crippen molar-refractivity contribution >= 4 is 29.5 Å². The summed E-state index contributed by atoms with van der Waals surface area (Å²) in [7, 11) is 0. The van der Waals surface area contributed by atoms with Crippen LogP contribution >= 0.6 is 0 Å². The van der Waals surface area contributed by atoms with E-state index in [4.69, 9.17) is 9.47 Å². The van der Waals surface area contributed by atoms with Crippen LogP contribution in [0, 0.1) is 17.6 Å². The fourth-order valence-electron chi connectivity index (χ4n) is 6.20. The molecule has 0 spiro atoms. The molecular weight excluding hydrogens is 610 g/mol. The molecule has 246 valence electrons. The lowest BCUT2D eigenvalue weighted by atomic mass is 9.85. The van der Waals surface area contributed by atoms with Crippen molar-refractivity contribution < 1.29 is 27.8 Å². The Morgan fingerprint density at radius 2 is 1.70 bits per heavy atom. The van der Waals surface area contributed by atoms with Gasteiger partial charge in [0.2, 0.25) is 6.41 Å². The van der Waals surface area contributed by atoms with Crippen molar-refractivity contribution in [3.05, 3.63) is 96.6 Å². The number of amides is 3. The summed E-state index contributed by atoms with van der Waals surface area (Å²) in [6, 6.07) is 18.7. The number of anilines is 3. The van der Waals surface area contributed by atoms with Gasteiger partial charge in [-0.1, -0.05) is 6.07 Å². The summed E-state index contributed by atoms with van der Waals surface area (Å²) >= 11 is 0. The second-order valence-electron chi connectivity index (χ2n) is 11.6. The highest BCUT2D eigenvalue weighted by atomic mass is 19.1. The van der Waals surface area contributed by atoms with Gasteiger partial charge in [0.05, 0.1) is 19.8 Å². The van der Waals surface area contributed by atoms with Crippen LogP contribution in [-0.2, 0) is 21.7 Å². The molecule has 3 amide bonds. The Bertz CT molecular complexity index is 1630. The van der Waals surface area contributed by atoms with Gasteiger partial charge in [-0.15, -0.1) is 0 Å². The minimum Gasteiger partial charge on any atom is -0.494 e. The Kier molecular flexibility index (Phi) is 9.76. The van der Waals surface area contributed by atoms with Gasteiger partial charge in [-0.25, -0.2) is 28.7 Å². The molecule has 1 aromatic heterocycles. The zero-order chi connectivity index (χ0) is 32.6. The summed E-state index contributed by atoms with van der Waals surface area (Å²) < 4.78 is 42.5. The maximum Gasteiger partial charge on any atom is 0.337 e. The van der Waals surface area contributed by atoms with Crippen molar-refractivity contribution in [3.8, 4) is 5.75 Å². The van der Waals surface area contributed by atoms with Gasteiger partial charge in [0.1, 0.15) is 35.6 Å². The smallest absolute Gasteiger partial charge is 0.337 e. The van der Waals surface area contributed by atoms with E-state index < -0.39 is 23.3 Å². The monoisotopic (exact) mass is 646 g/mol. The summed E-state index contributed by atoms with van der Waals surface area (Å²) in [5, 5.41) is 6.82. The van der Waals surface area contributed by atoms with Crippen molar-refractivity contribution in [2.75, 3.05) is 54.5 Å². The average Bonchev–Trinajstić information content (AvgIpc) is 3.75. The van der Waals surface area contributed by atoms with Gasteiger partial charge < -0.3 is 24.6 Å². The third-order valence-electron chi connectivity index (χ3n) is 8.53. The molecule has 3 aromatic carbocycles. The molecule has 3 N–H and O–H groups in total. The van der Waals surface area contributed by atoms with Crippen LogP contribution in [0.1, 0.15) is 18.4 Å². The number of nitrogens with zero attached hydrogens (tertiary/aromatic N) is 5. The van der Waals surface area contributed by atoms with Crippen LogP contribution in [-0.4, -0.2) is 66.6 Å². The summed E-state index contributed by atoms with van der Waals surface area (Å²) in [4.78, 5) is 30.6. The molecule has 2 aliphatic rings. The molecule has 0 bridgehead atoms. The molecule has 6 rings (SSSR count). The summed E-state index contributed by atoms with van der Waals surface area (Å²) in [5.74, 6) is -0.371. The Morgan fingerprint density at radius 1 is 1.00 bits per heavy atom. The number of hydrazine groups is 1. The van der Waals surface area contributed by atoms with Crippen LogP contribution in [0.3, 0.4) is 0 Å². The number of benzene rings is 3. The number of piperazine rings is 1. The largest absolute Gasteiger partial charge is 0.494 e. The molecule has 0 unspecified atom stereocenters. The second kappa shape index (κ2) is 14.5. The van der Waals surface area contributed by atoms with Crippen LogP contribution in [0.5, 0.6) is 5.75 Å². The first-order valence-corrected chi connectivity index (χ1v) is 15.4. The van der Waals surface area contributed by atoms with E-state index >= 15 is 0 Å². The number of carbonyl (C=O) groups excluding carboxylic acids is 2. The maximum atomic E-state index is 14.9. The number of urea groups is 1. The highest BCUT2D eigenvalue weighted by Gasteiger charge is 2.44. The molecule has 12 nitrogen and oxygen atoms in total. The molecule has 2 saturated heterocycles. The van der Waals surface area contributed by atoms with Crippen LogP contribution in [0.25, 0.3) is 0 Å². The fraction of sp³-hybridized carbons (Fsp3) is 0.333. The van der Waals surface area contributed by atoms with Crippen molar-refractivity contribution in [2.24, 2.45) is 5.92 Å². The number of hydrogen-bond donors (Lipinski definition) is 3. The van der Waals surface area contributed by atoms with Gasteiger partial charge in [-0.2, -0.15) is 5.10 Å².